The molecule has 1 aromatic heterocycles. The van der Waals surface area contributed by atoms with Gasteiger partial charge in [0.25, 0.3) is 5.82 Å². The minimum atomic E-state index is 0.358. The fraction of sp³-hybridized carbons (Fsp3) is 0.250. The number of nitrogens with zero attached hydrogens (tertiary/aromatic N) is 3. The number of rotatable bonds is 9. The highest BCUT2D eigenvalue weighted by Gasteiger charge is 2.25. The van der Waals surface area contributed by atoms with Crippen LogP contribution in [0.4, 0.5) is 11.5 Å². The van der Waals surface area contributed by atoms with E-state index in [-0.39, 0.29) is 0 Å². The van der Waals surface area contributed by atoms with Crippen LogP contribution in [0.3, 0.4) is 0 Å². The van der Waals surface area contributed by atoms with E-state index in [4.69, 9.17) is 0 Å². The molecule has 2 heterocycles. The van der Waals surface area contributed by atoms with E-state index in [0.717, 1.165) is 36.4 Å². The van der Waals surface area contributed by atoms with Crippen LogP contribution in [0.5, 0.6) is 0 Å². The monoisotopic (exact) mass is 508 g/mol. The molecule has 0 saturated heterocycles. The average molecular weight is 509 g/mol. The van der Waals surface area contributed by atoms with Crippen molar-refractivity contribution in [3.05, 3.63) is 95.5 Å². The standard InChI is InChI=1S/C32H34N3OS/c1-4-13-26(36)16-12-21-33(2)31-22-24(23-32-34(3)29-19-10-11-20-30(29)37-32)27-17-8-9-18-28(27)35(31)25-14-6-5-7-15-25/h5-11,14-15,17-20,22-23H,4,12-13,16,21H2,1-3H3/q+1. The number of ketones is 1. The lowest BCUT2D eigenvalue weighted by atomic mass is 10.1. The Labute approximate surface area is 224 Å². The summed E-state index contributed by atoms with van der Waals surface area (Å²) in [6, 6.07) is 30.0. The minimum absolute atomic E-state index is 0.358. The molecule has 0 radical (unpaired) electrons. The van der Waals surface area contributed by atoms with Crippen molar-refractivity contribution in [1.29, 1.82) is 0 Å². The number of Topliss-reactive ketones (excluding diaryl/α,β-unsaturated/α-hetero) is 1. The fourth-order valence-electron chi connectivity index (χ4n) is 4.98. The third-order valence-electron chi connectivity index (χ3n) is 6.90. The van der Waals surface area contributed by atoms with Crippen LogP contribution in [0.1, 0.15) is 38.2 Å². The number of thioether (sulfide) groups is 1. The summed E-state index contributed by atoms with van der Waals surface area (Å²) in [5, 5.41) is 2.42. The van der Waals surface area contributed by atoms with E-state index in [1.807, 2.05) is 11.8 Å². The van der Waals surface area contributed by atoms with E-state index in [9.17, 15) is 4.79 Å². The van der Waals surface area contributed by atoms with Gasteiger partial charge in [-0.25, -0.2) is 0 Å². The molecule has 0 N–H and O–H groups in total. The largest absolute Gasteiger partial charge is 0.338 e. The first-order valence-electron chi connectivity index (χ1n) is 13.0. The van der Waals surface area contributed by atoms with Gasteiger partial charge >= 0.3 is 0 Å². The van der Waals surface area contributed by atoms with Crippen LogP contribution in [0.2, 0.25) is 0 Å². The molecule has 37 heavy (non-hydrogen) atoms. The summed E-state index contributed by atoms with van der Waals surface area (Å²) in [5.74, 6) is 1.47. The first kappa shape index (κ1) is 25.1. The molecule has 3 aromatic carbocycles. The lowest BCUT2D eigenvalue weighted by Crippen LogP contribution is -2.40. The van der Waals surface area contributed by atoms with Crippen LogP contribution >= 0.6 is 11.8 Å². The predicted molar refractivity (Wildman–Crippen MR) is 157 cm³/mol. The smallest absolute Gasteiger partial charge is 0.282 e. The third kappa shape index (κ3) is 5.28. The molecule has 0 saturated carbocycles. The SMILES string of the molecule is CCCC(=O)CCCN(C)c1cc(C=C2Sc3ccccc3N2C)c2ccccc2[n+]1-c1ccccc1. The van der Waals surface area contributed by atoms with Crippen molar-refractivity contribution in [2.24, 2.45) is 0 Å². The highest BCUT2D eigenvalue weighted by molar-refractivity contribution is 8.03. The molecular formula is C32H34N3OS+. The highest BCUT2D eigenvalue weighted by atomic mass is 32.2. The van der Waals surface area contributed by atoms with Crippen molar-refractivity contribution >= 4 is 46.0 Å². The van der Waals surface area contributed by atoms with Gasteiger partial charge in [0.1, 0.15) is 17.0 Å². The Kier molecular flexibility index (Phi) is 7.61. The summed E-state index contributed by atoms with van der Waals surface area (Å²) < 4.78 is 2.34. The topological polar surface area (TPSA) is 27.4 Å². The van der Waals surface area contributed by atoms with Gasteiger partial charge in [-0.05, 0) is 54.8 Å². The molecule has 5 heteroatoms. The Bertz CT molecular complexity index is 1450. The molecule has 1 aliphatic rings. The molecule has 1 aliphatic heterocycles. The first-order valence-corrected chi connectivity index (χ1v) is 13.9. The predicted octanol–water partition coefficient (Wildman–Crippen LogP) is 7.24. The van der Waals surface area contributed by atoms with Gasteiger partial charge in [0.05, 0.1) is 24.3 Å². The summed E-state index contributed by atoms with van der Waals surface area (Å²) in [7, 11) is 4.28. The lowest BCUT2D eigenvalue weighted by Gasteiger charge is -2.19. The number of carbonyl (C=O) groups excluding carboxylic acids is 1. The van der Waals surface area contributed by atoms with Gasteiger partial charge in [-0.1, -0.05) is 67.2 Å². The first-order chi connectivity index (χ1) is 18.1. The number of hydrogen-bond donors (Lipinski definition) is 0. The molecule has 4 aromatic rings. The van der Waals surface area contributed by atoms with Crippen LogP contribution in [-0.2, 0) is 4.79 Å². The third-order valence-corrected chi connectivity index (χ3v) is 8.07. The van der Waals surface area contributed by atoms with Crippen molar-refractivity contribution in [2.75, 3.05) is 30.4 Å². The summed E-state index contributed by atoms with van der Waals surface area (Å²) in [4.78, 5) is 18.0. The van der Waals surface area contributed by atoms with Crippen molar-refractivity contribution in [1.82, 2.24) is 0 Å². The molecule has 4 nitrogen and oxygen atoms in total. The van der Waals surface area contributed by atoms with E-state index >= 15 is 0 Å². The van der Waals surface area contributed by atoms with Crippen LogP contribution in [0, 0.1) is 0 Å². The molecule has 5 rings (SSSR count). The normalized spacial score (nSPS) is 13.8. The van der Waals surface area contributed by atoms with Gasteiger partial charge in [0.15, 0.2) is 0 Å². The number of carbonyl (C=O) groups is 1. The molecule has 0 amide bonds. The molecular weight excluding hydrogens is 474 g/mol. The highest BCUT2D eigenvalue weighted by Crippen LogP contribution is 2.45. The van der Waals surface area contributed by atoms with Crippen LogP contribution in [-0.4, -0.2) is 26.4 Å². The Morgan fingerprint density at radius 1 is 0.973 bits per heavy atom. The molecule has 0 unspecified atom stereocenters. The summed E-state index contributed by atoms with van der Waals surface area (Å²) in [6.45, 7) is 2.88. The van der Waals surface area contributed by atoms with Crippen molar-refractivity contribution in [3.8, 4) is 5.69 Å². The van der Waals surface area contributed by atoms with E-state index in [0.29, 0.717) is 18.6 Å². The van der Waals surface area contributed by atoms with Crippen LogP contribution < -0.4 is 14.4 Å². The van der Waals surface area contributed by atoms with Gasteiger partial charge in [-0.3, -0.25) is 9.69 Å². The Hall–Kier alpha value is -3.57. The average Bonchev–Trinajstić information content (AvgIpc) is 3.24. The second-order valence-electron chi connectivity index (χ2n) is 9.57. The maximum absolute atomic E-state index is 12.2. The van der Waals surface area contributed by atoms with Gasteiger partial charge in [-0.2, -0.15) is 4.57 Å². The zero-order valence-corrected chi connectivity index (χ0v) is 22.7. The van der Waals surface area contributed by atoms with Gasteiger partial charge in [0, 0.05) is 36.2 Å². The number of hydrogen-bond acceptors (Lipinski definition) is 4. The zero-order chi connectivity index (χ0) is 25.8. The van der Waals surface area contributed by atoms with Gasteiger partial charge < -0.3 is 4.90 Å². The number of pyridine rings is 1. The van der Waals surface area contributed by atoms with Crippen molar-refractivity contribution in [2.45, 2.75) is 37.5 Å². The van der Waals surface area contributed by atoms with Crippen molar-refractivity contribution < 1.29 is 9.36 Å². The quantitative estimate of drug-likeness (QED) is 0.223. The summed E-state index contributed by atoms with van der Waals surface area (Å²) in [6.07, 6.45) is 5.39. The number of para-hydroxylation sites is 3. The van der Waals surface area contributed by atoms with E-state index in [2.05, 4.69) is 126 Å². The van der Waals surface area contributed by atoms with Crippen LogP contribution in [0.25, 0.3) is 22.7 Å². The molecule has 188 valence electrons. The second-order valence-corrected chi connectivity index (χ2v) is 10.6. The number of benzene rings is 3. The lowest BCUT2D eigenvalue weighted by molar-refractivity contribution is -0.553. The minimum Gasteiger partial charge on any atom is -0.338 e. The van der Waals surface area contributed by atoms with Gasteiger partial charge in [-0.15, -0.1) is 0 Å². The van der Waals surface area contributed by atoms with Gasteiger partial charge in [0.2, 0.25) is 0 Å². The zero-order valence-electron chi connectivity index (χ0n) is 21.9. The van der Waals surface area contributed by atoms with E-state index in [1.54, 1.807) is 0 Å². The Morgan fingerprint density at radius 2 is 1.70 bits per heavy atom. The Balaban J connectivity index is 1.60. The van der Waals surface area contributed by atoms with Crippen LogP contribution in [0.15, 0.2) is 94.9 Å². The Morgan fingerprint density at radius 3 is 2.49 bits per heavy atom. The maximum atomic E-state index is 12.2. The summed E-state index contributed by atoms with van der Waals surface area (Å²) >= 11 is 1.81. The number of anilines is 2. The molecule has 0 fully saturated rings. The van der Waals surface area contributed by atoms with E-state index < -0.39 is 0 Å². The molecule has 0 aliphatic carbocycles. The molecule has 0 atom stereocenters. The second kappa shape index (κ2) is 11.2. The molecule has 0 spiro atoms. The van der Waals surface area contributed by atoms with Crippen molar-refractivity contribution in [3.63, 3.8) is 0 Å². The molecule has 0 bridgehead atoms. The van der Waals surface area contributed by atoms with E-state index in [1.165, 1.54) is 26.6 Å². The summed E-state index contributed by atoms with van der Waals surface area (Å²) in [5.41, 5.74) is 4.72. The fourth-order valence-corrected chi connectivity index (χ4v) is 6.08. The number of aromatic nitrogens is 1. The maximum Gasteiger partial charge on any atom is 0.282 e. The number of fused-ring (bicyclic) bond motifs is 2.